The van der Waals surface area contributed by atoms with Gasteiger partial charge in [0, 0.05) is 38.6 Å². The quantitative estimate of drug-likeness (QED) is 0.195. The molecule has 284 valence electrons. The van der Waals surface area contributed by atoms with Crippen LogP contribution in [0.5, 0.6) is 5.75 Å². The number of ether oxygens (including phenoxy) is 3. The number of hydrogen-bond acceptors (Lipinski definition) is 10. The molecular formula is C37H58N6O8. The van der Waals surface area contributed by atoms with Crippen LogP contribution in [0.1, 0.15) is 96.1 Å². The smallest absolute Gasteiger partial charge is 0.410 e. The third-order valence-corrected chi connectivity index (χ3v) is 7.82. The maximum absolute atomic E-state index is 12.8. The number of amides is 4. The van der Waals surface area contributed by atoms with Crippen LogP contribution in [0.15, 0.2) is 36.7 Å². The number of anilines is 1. The standard InChI is InChI=1S/C22H36N4O4.C15H22N2O4/c1-16(20(28)26-12-6-7-13-26)25-19(27)17-8-11-24-14-18(17)30-22(4,5)15-29-21(2,3)9-10-23;1-15(2,3)21-14(20)17(4)8-12-7-13(16-10-19)6-5-11(12)9-18/h8,11,14,16H,6-7,9-10,12-13,15,23H2,1-5H3,(H,25,27);5-7,10,18H,8-9H2,1-4H3,(H,16,19). The zero-order valence-electron chi connectivity index (χ0n) is 31.7. The van der Waals surface area contributed by atoms with Crippen LogP contribution in [-0.4, -0.2) is 100 Å². The molecule has 3 rings (SSSR count). The number of aliphatic hydroxyl groups excluding tert-OH is 1. The largest absolute Gasteiger partial charge is 0.483 e. The molecule has 0 spiro atoms. The van der Waals surface area contributed by atoms with Gasteiger partial charge < -0.3 is 45.5 Å². The molecule has 2 aromatic rings. The van der Waals surface area contributed by atoms with Gasteiger partial charge in [-0.1, -0.05) is 6.07 Å². The van der Waals surface area contributed by atoms with Crippen molar-refractivity contribution in [3.63, 3.8) is 0 Å². The minimum atomic E-state index is -0.694. The predicted molar refractivity (Wildman–Crippen MR) is 195 cm³/mol. The highest BCUT2D eigenvalue weighted by atomic mass is 16.6. The number of hydrogen-bond donors (Lipinski definition) is 4. The second-order valence-electron chi connectivity index (χ2n) is 14.8. The number of nitrogens with zero attached hydrogens (tertiary/aromatic N) is 3. The topological polar surface area (TPSA) is 186 Å². The van der Waals surface area contributed by atoms with Gasteiger partial charge in [-0.3, -0.25) is 19.4 Å². The number of likely N-dealkylation sites (tertiary alicyclic amines) is 1. The highest BCUT2D eigenvalue weighted by molar-refractivity contribution is 5.99. The van der Waals surface area contributed by atoms with Crippen LogP contribution in [0.4, 0.5) is 10.5 Å². The number of carbonyl (C=O) groups is 4. The van der Waals surface area contributed by atoms with Crippen LogP contribution in [0.3, 0.4) is 0 Å². The Hall–Kier alpha value is -4.27. The molecule has 1 aromatic heterocycles. The molecule has 1 saturated heterocycles. The van der Waals surface area contributed by atoms with E-state index in [1.54, 1.807) is 63.9 Å². The first-order chi connectivity index (χ1) is 23.8. The monoisotopic (exact) mass is 714 g/mol. The first kappa shape index (κ1) is 42.9. The van der Waals surface area contributed by atoms with E-state index < -0.39 is 23.3 Å². The Bertz CT molecular complexity index is 1450. The molecule has 14 nitrogen and oxygen atoms in total. The number of benzene rings is 1. The van der Waals surface area contributed by atoms with Crippen LogP contribution < -0.4 is 21.1 Å². The SMILES string of the molecule is CC(NC(=O)c1ccncc1OC(C)(C)COC(C)(C)CCN)C(=O)N1CCCC1.CN(Cc1cc(NC=O)ccc1CO)C(=O)OC(C)(C)C. The molecule has 1 unspecified atom stereocenters. The average Bonchev–Trinajstić information content (AvgIpc) is 3.59. The summed E-state index contributed by atoms with van der Waals surface area (Å²) in [6, 6.07) is 6.11. The van der Waals surface area contributed by atoms with Crippen LogP contribution >= 0.6 is 0 Å². The Morgan fingerprint density at radius 3 is 2.31 bits per heavy atom. The van der Waals surface area contributed by atoms with Crippen LogP contribution in [0.25, 0.3) is 0 Å². The van der Waals surface area contributed by atoms with Crippen molar-refractivity contribution in [3.8, 4) is 5.75 Å². The molecule has 14 heteroatoms. The van der Waals surface area contributed by atoms with Crippen molar-refractivity contribution >= 4 is 30.0 Å². The summed E-state index contributed by atoms with van der Waals surface area (Å²) < 4.78 is 17.4. The molecule has 0 saturated carbocycles. The van der Waals surface area contributed by atoms with Gasteiger partial charge in [0.15, 0.2) is 5.75 Å². The lowest BCUT2D eigenvalue weighted by Gasteiger charge is -2.32. The van der Waals surface area contributed by atoms with Crippen molar-refractivity contribution in [3.05, 3.63) is 53.3 Å². The molecule has 4 amide bonds. The number of pyridine rings is 1. The number of carbonyl (C=O) groups excluding carboxylic acids is 4. The fourth-order valence-electron chi connectivity index (χ4n) is 5.06. The van der Waals surface area contributed by atoms with Gasteiger partial charge in [0.05, 0.1) is 30.6 Å². The molecule has 1 atom stereocenters. The van der Waals surface area contributed by atoms with Crippen molar-refractivity contribution in [1.82, 2.24) is 20.1 Å². The second kappa shape index (κ2) is 19.4. The number of aromatic nitrogens is 1. The minimum Gasteiger partial charge on any atom is -0.483 e. The Labute approximate surface area is 302 Å². The van der Waals surface area contributed by atoms with E-state index >= 15 is 0 Å². The van der Waals surface area contributed by atoms with E-state index in [1.165, 1.54) is 17.3 Å². The van der Waals surface area contributed by atoms with E-state index in [1.807, 2.05) is 27.7 Å². The summed E-state index contributed by atoms with van der Waals surface area (Å²) in [5, 5.41) is 14.7. The Balaban J connectivity index is 0.000000377. The van der Waals surface area contributed by atoms with Crippen LogP contribution in [0.2, 0.25) is 0 Å². The van der Waals surface area contributed by atoms with E-state index in [2.05, 4.69) is 15.6 Å². The van der Waals surface area contributed by atoms with E-state index in [-0.39, 0.29) is 30.6 Å². The fraction of sp³-hybridized carbons (Fsp3) is 0.595. The van der Waals surface area contributed by atoms with Crippen molar-refractivity contribution in [1.29, 1.82) is 0 Å². The summed E-state index contributed by atoms with van der Waals surface area (Å²) in [5.41, 5.74) is 6.40. The van der Waals surface area contributed by atoms with Crippen molar-refractivity contribution in [2.75, 3.05) is 38.6 Å². The van der Waals surface area contributed by atoms with E-state index in [9.17, 15) is 24.3 Å². The third-order valence-electron chi connectivity index (χ3n) is 7.82. The number of rotatable bonds is 15. The van der Waals surface area contributed by atoms with Crippen molar-refractivity contribution in [2.24, 2.45) is 5.73 Å². The fourth-order valence-corrected chi connectivity index (χ4v) is 5.06. The van der Waals surface area contributed by atoms with E-state index in [4.69, 9.17) is 19.9 Å². The lowest BCUT2D eigenvalue weighted by atomic mass is 10.0. The maximum atomic E-state index is 12.8. The molecule has 1 aliphatic heterocycles. The maximum Gasteiger partial charge on any atom is 0.410 e. The average molecular weight is 715 g/mol. The summed E-state index contributed by atoms with van der Waals surface area (Å²) in [5.74, 6) is -0.0816. The lowest BCUT2D eigenvalue weighted by molar-refractivity contribution is -0.131. The third kappa shape index (κ3) is 14.9. The summed E-state index contributed by atoms with van der Waals surface area (Å²) in [6.07, 6.45) is 5.92. The predicted octanol–water partition coefficient (Wildman–Crippen LogP) is 4.24. The summed E-state index contributed by atoms with van der Waals surface area (Å²) >= 11 is 0. The molecule has 1 aromatic carbocycles. The highest BCUT2D eigenvalue weighted by Crippen LogP contribution is 2.25. The lowest BCUT2D eigenvalue weighted by Crippen LogP contribution is -2.46. The van der Waals surface area contributed by atoms with E-state index in [0.717, 1.165) is 37.9 Å². The highest BCUT2D eigenvalue weighted by Gasteiger charge is 2.29. The molecular weight excluding hydrogens is 656 g/mol. The molecule has 0 bridgehead atoms. The minimum absolute atomic E-state index is 0.0618. The zero-order valence-corrected chi connectivity index (χ0v) is 31.7. The van der Waals surface area contributed by atoms with Crippen LogP contribution in [0, 0.1) is 0 Å². The summed E-state index contributed by atoms with van der Waals surface area (Å²) in [7, 11) is 1.62. The van der Waals surface area contributed by atoms with Gasteiger partial charge >= 0.3 is 6.09 Å². The van der Waals surface area contributed by atoms with E-state index in [0.29, 0.717) is 42.1 Å². The van der Waals surface area contributed by atoms with Gasteiger partial charge in [-0.2, -0.15) is 0 Å². The van der Waals surface area contributed by atoms with Gasteiger partial charge in [-0.25, -0.2) is 4.79 Å². The van der Waals surface area contributed by atoms with Crippen molar-refractivity contribution < 1.29 is 38.5 Å². The molecule has 0 radical (unpaired) electrons. The summed E-state index contributed by atoms with van der Waals surface area (Å²) in [4.78, 5) is 55.1. The number of aliphatic hydroxyl groups is 1. The Morgan fingerprint density at radius 1 is 1.06 bits per heavy atom. The summed E-state index contributed by atoms with van der Waals surface area (Å²) in [6.45, 7) is 17.3. The molecule has 1 fully saturated rings. The van der Waals surface area contributed by atoms with Gasteiger partial charge in [0.2, 0.25) is 12.3 Å². The van der Waals surface area contributed by atoms with Gasteiger partial charge in [0.25, 0.3) is 5.91 Å². The van der Waals surface area contributed by atoms with Crippen molar-refractivity contribution in [2.45, 2.75) is 111 Å². The van der Waals surface area contributed by atoms with Crippen LogP contribution in [-0.2, 0) is 32.2 Å². The Morgan fingerprint density at radius 2 is 1.73 bits per heavy atom. The van der Waals surface area contributed by atoms with Gasteiger partial charge in [-0.05, 0) is 111 Å². The molecule has 5 N–H and O–H groups in total. The Kier molecular flexibility index (Phi) is 16.3. The number of nitrogens with one attached hydrogen (secondary N) is 2. The van der Waals surface area contributed by atoms with Gasteiger partial charge in [-0.15, -0.1) is 0 Å². The molecule has 1 aliphatic rings. The molecule has 0 aliphatic carbocycles. The molecule has 2 heterocycles. The van der Waals surface area contributed by atoms with Gasteiger partial charge in [0.1, 0.15) is 17.2 Å². The first-order valence-corrected chi connectivity index (χ1v) is 17.2. The first-order valence-electron chi connectivity index (χ1n) is 17.2. The molecule has 51 heavy (non-hydrogen) atoms. The zero-order chi connectivity index (χ0) is 38.4. The second-order valence-corrected chi connectivity index (χ2v) is 14.8. The number of nitrogens with two attached hydrogens (primary N) is 1. The normalized spacial score (nSPS) is 13.7.